The fourth-order valence-corrected chi connectivity index (χ4v) is 1.23. The van der Waals surface area contributed by atoms with Crippen molar-refractivity contribution in [1.29, 1.82) is 0 Å². The van der Waals surface area contributed by atoms with Crippen molar-refractivity contribution in [1.82, 2.24) is 10.3 Å². The van der Waals surface area contributed by atoms with Gasteiger partial charge < -0.3 is 15.4 Å². The Bertz CT molecular complexity index is 257. The lowest BCUT2D eigenvalue weighted by molar-refractivity contribution is -0.137. The van der Waals surface area contributed by atoms with E-state index in [2.05, 4.69) is 10.3 Å². The molecule has 0 unspecified atom stereocenters. The number of carboxylic acid groups (broad SMARTS) is 1. The van der Waals surface area contributed by atoms with Crippen molar-refractivity contribution in [2.45, 2.75) is 25.8 Å². The average Bonchev–Trinajstić information content (AvgIpc) is 2.63. The minimum absolute atomic E-state index is 0.268. The van der Waals surface area contributed by atoms with Gasteiger partial charge in [0.05, 0.1) is 0 Å². The molecule has 0 aliphatic carbocycles. The van der Waals surface area contributed by atoms with Crippen LogP contribution in [0.15, 0.2) is 18.3 Å². The van der Waals surface area contributed by atoms with Crippen molar-refractivity contribution in [2.75, 3.05) is 6.54 Å². The van der Waals surface area contributed by atoms with E-state index < -0.39 is 5.97 Å². The molecule has 0 fully saturated rings. The summed E-state index contributed by atoms with van der Waals surface area (Å²) in [6.07, 6.45) is 3.81. The van der Waals surface area contributed by atoms with Gasteiger partial charge in [-0.3, -0.25) is 4.79 Å². The Balaban J connectivity index is 1.92. The first-order chi connectivity index (χ1) is 6.79. The number of carboxylic acids is 1. The number of H-pyrrole nitrogens is 1. The first kappa shape index (κ1) is 10.8. The molecule has 0 bridgehead atoms. The summed E-state index contributed by atoms with van der Waals surface area (Å²) in [5.41, 5.74) is 1.16. The van der Waals surface area contributed by atoms with Crippen LogP contribution >= 0.6 is 0 Å². The molecule has 1 aromatic rings. The van der Waals surface area contributed by atoms with Gasteiger partial charge in [0.2, 0.25) is 0 Å². The third-order valence-corrected chi connectivity index (χ3v) is 1.97. The molecule has 1 heterocycles. The van der Waals surface area contributed by atoms with Crippen LogP contribution in [0.2, 0.25) is 0 Å². The molecular weight excluding hydrogens is 180 g/mol. The lowest BCUT2D eigenvalue weighted by Gasteiger charge is -2.01. The minimum Gasteiger partial charge on any atom is -0.481 e. The molecule has 0 atom stereocenters. The van der Waals surface area contributed by atoms with Gasteiger partial charge in [-0.2, -0.15) is 0 Å². The van der Waals surface area contributed by atoms with Crippen LogP contribution in [0.3, 0.4) is 0 Å². The Kier molecular flexibility index (Phi) is 4.78. The smallest absolute Gasteiger partial charge is 0.303 e. The molecule has 4 nitrogen and oxygen atoms in total. The number of aromatic nitrogens is 1. The summed E-state index contributed by atoms with van der Waals surface area (Å²) in [7, 11) is 0. The molecule has 1 rings (SSSR count). The normalized spacial score (nSPS) is 10.3. The van der Waals surface area contributed by atoms with Crippen molar-refractivity contribution in [3.05, 3.63) is 24.0 Å². The van der Waals surface area contributed by atoms with E-state index in [1.165, 1.54) is 0 Å². The van der Waals surface area contributed by atoms with Gasteiger partial charge in [-0.15, -0.1) is 0 Å². The Morgan fingerprint density at radius 1 is 1.50 bits per heavy atom. The number of rotatable bonds is 7. The van der Waals surface area contributed by atoms with Gasteiger partial charge in [-0.1, -0.05) is 0 Å². The van der Waals surface area contributed by atoms with E-state index in [-0.39, 0.29) is 6.42 Å². The van der Waals surface area contributed by atoms with E-state index in [1.807, 2.05) is 18.3 Å². The van der Waals surface area contributed by atoms with Gasteiger partial charge in [0.1, 0.15) is 0 Å². The van der Waals surface area contributed by atoms with Crippen LogP contribution in [0.1, 0.15) is 25.0 Å². The zero-order valence-electron chi connectivity index (χ0n) is 8.12. The largest absolute Gasteiger partial charge is 0.481 e. The van der Waals surface area contributed by atoms with Crippen LogP contribution in [0.25, 0.3) is 0 Å². The van der Waals surface area contributed by atoms with Crippen molar-refractivity contribution in [3.8, 4) is 0 Å². The van der Waals surface area contributed by atoms with Gasteiger partial charge in [0.25, 0.3) is 0 Å². The Labute approximate surface area is 83.3 Å². The maximum Gasteiger partial charge on any atom is 0.303 e. The maximum absolute atomic E-state index is 10.2. The lowest BCUT2D eigenvalue weighted by Crippen LogP contribution is -2.15. The van der Waals surface area contributed by atoms with Crippen molar-refractivity contribution in [3.63, 3.8) is 0 Å². The fraction of sp³-hybridized carbons (Fsp3) is 0.500. The maximum atomic E-state index is 10.2. The average molecular weight is 196 g/mol. The van der Waals surface area contributed by atoms with Crippen LogP contribution in [-0.4, -0.2) is 22.6 Å². The summed E-state index contributed by atoms with van der Waals surface area (Å²) in [5.74, 6) is -0.714. The summed E-state index contributed by atoms with van der Waals surface area (Å²) >= 11 is 0. The van der Waals surface area contributed by atoms with Gasteiger partial charge in [-0.25, -0.2) is 0 Å². The van der Waals surface area contributed by atoms with Crippen molar-refractivity contribution >= 4 is 5.97 Å². The lowest BCUT2D eigenvalue weighted by atomic mass is 10.2. The molecule has 0 amide bonds. The topological polar surface area (TPSA) is 65.1 Å². The Morgan fingerprint density at radius 3 is 3.00 bits per heavy atom. The Morgan fingerprint density at radius 2 is 2.36 bits per heavy atom. The summed E-state index contributed by atoms with van der Waals surface area (Å²) in [5, 5.41) is 11.6. The predicted molar refractivity (Wildman–Crippen MR) is 54.0 cm³/mol. The van der Waals surface area contributed by atoms with Crippen LogP contribution < -0.4 is 5.32 Å². The second kappa shape index (κ2) is 6.21. The van der Waals surface area contributed by atoms with Gasteiger partial charge in [0.15, 0.2) is 0 Å². The molecule has 78 valence electrons. The predicted octanol–water partition coefficient (Wildman–Crippen LogP) is 1.36. The summed E-state index contributed by atoms with van der Waals surface area (Å²) in [6.45, 7) is 1.69. The zero-order chi connectivity index (χ0) is 10.2. The number of hydrogen-bond donors (Lipinski definition) is 3. The van der Waals surface area contributed by atoms with Gasteiger partial charge in [-0.05, 0) is 31.5 Å². The molecule has 1 aromatic heterocycles. The van der Waals surface area contributed by atoms with E-state index in [0.717, 1.165) is 31.6 Å². The molecule has 0 saturated heterocycles. The highest BCUT2D eigenvalue weighted by Gasteiger charge is 1.96. The SMILES string of the molecule is O=C(O)CCCCNCc1ccc[nH]1. The van der Waals surface area contributed by atoms with Crippen LogP contribution in [0.4, 0.5) is 0 Å². The highest BCUT2D eigenvalue weighted by atomic mass is 16.4. The first-order valence-electron chi connectivity index (χ1n) is 4.84. The van der Waals surface area contributed by atoms with E-state index in [9.17, 15) is 4.79 Å². The molecule has 0 aliphatic heterocycles. The second-order valence-electron chi connectivity index (χ2n) is 3.22. The van der Waals surface area contributed by atoms with Gasteiger partial charge in [0, 0.05) is 24.9 Å². The minimum atomic E-state index is -0.714. The molecule has 0 saturated carbocycles. The van der Waals surface area contributed by atoms with Gasteiger partial charge >= 0.3 is 5.97 Å². The molecule has 14 heavy (non-hydrogen) atoms. The molecule has 0 spiro atoms. The van der Waals surface area contributed by atoms with E-state index in [0.29, 0.717) is 0 Å². The van der Waals surface area contributed by atoms with E-state index in [4.69, 9.17) is 5.11 Å². The quantitative estimate of drug-likeness (QED) is 0.577. The van der Waals surface area contributed by atoms with Crippen molar-refractivity contribution in [2.24, 2.45) is 0 Å². The first-order valence-corrected chi connectivity index (χ1v) is 4.84. The number of hydrogen-bond acceptors (Lipinski definition) is 2. The Hall–Kier alpha value is -1.29. The van der Waals surface area contributed by atoms with Crippen molar-refractivity contribution < 1.29 is 9.90 Å². The number of aromatic amines is 1. The highest BCUT2D eigenvalue weighted by molar-refractivity contribution is 5.66. The van der Waals surface area contributed by atoms with E-state index >= 15 is 0 Å². The molecule has 3 N–H and O–H groups in total. The summed E-state index contributed by atoms with van der Waals surface area (Å²) < 4.78 is 0. The fourth-order valence-electron chi connectivity index (χ4n) is 1.23. The van der Waals surface area contributed by atoms with Crippen LogP contribution in [0.5, 0.6) is 0 Å². The van der Waals surface area contributed by atoms with E-state index in [1.54, 1.807) is 0 Å². The zero-order valence-corrected chi connectivity index (χ0v) is 8.12. The third-order valence-electron chi connectivity index (χ3n) is 1.97. The molecule has 0 radical (unpaired) electrons. The summed E-state index contributed by atoms with van der Waals surface area (Å²) in [4.78, 5) is 13.3. The highest BCUT2D eigenvalue weighted by Crippen LogP contribution is 1.95. The second-order valence-corrected chi connectivity index (χ2v) is 3.22. The molecular formula is C10H16N2O2. The third kappa shape index (κ3) is 4.67. The molecule has 0 aliphatic rings. The molecule has 4 heteroatoms. The monoisotopic (exact) mass is 196 g/mol. The summed E-state index contributed by atoms with van der Waals surface area (Å²) in [6, 6.07) is 3.98. The van der Waals surface area contributed by atoms with Crippen LogP contribution in [-0.2, 0) is 11.3 Å². The number of unbranched alkanes of at least 4 members (excludes halogenated alkanes) is 1. The number of aliphatic carboxylic acids is 1. The molecule has 0 aromatic carbocycles. The van der Waals surface area contributed by atoms with Crippen LogP contribution in [0, 0.1) is 0 Å². The number of carbonyl (C=O) groups is 1. The standard InChI is InChI=1S/C10H16N2O2/c13-10(14)5-1-2-6-11-8-9-4-3-7-12-9/h3-4,7,11-12H,1-2,5-6,8H2,(H,13,14). The number of nitrogens with one attached hydrogen (secondary N) is 2.